The van der Waals surface area contributed by atoms with Crippen LogP contribution >= 0.6 is 0 Å². The second-order valence-electron chi connectivity index (χ2n) is 6.89. The van der Waals surface area contributed by atoms with Crippen molar-refractivity contribution in [1.29, 1.82) is 0 Å². The summed E-state index contributed by atoms with van der Waals surface area (Å²) in [4.78, 5) is 14.4. The molecule has 0 saturated carbocycles. The molecule has 7 nitrogen and oxygen atoms in total. The van der Waals surface area contributed by atoms with Crippen molar-refractivity contribution in [2.45, 2.75) is 12.1 Å². The highest BCUT2D eigenvalue weighted by Crippen LogP contribution is 2.40. The number of carbonyl (C=O) groups is 1. The van der Waals surface area contributed by atoms with E-state index >= 15 is 0 Å². The second kappa shape index (κ2) is 8.00. The van der Waals surface area contributed by atoms with E-state index in [0.717, 1.165) is 37.4 Å². The Morgan fingerprint density at radius 2 is 1.79 bits per heavy atom. The van der Waals surface area contributed by atoms with E-state index in [9.17, 15) is 9.90 Å². The van der Waals surface area contributed by atoms with Crippen LogP contribution in [-0.2, 0) is 4.79 Å². The molecule has 2 aliphatic rings. The van der Waals surface area contributed by atoms with Gasteiger partial charge in [-0.05, 0) is 17.7 Å². The summed E-state index contributed by atoms with van der Waals surface area (Å²) in [5.74, 6) is -0.682. The molecule has 2 atom stereocenters. The van der Waals surface area contributed by atoms with Crippen LogP contribution in [0.5, 0.6) is 5.75 Å². The lowest BCUT2D eigenvalue weighted by Crippen LogP contribution is -2.55. The first-order chi connectivity index (χ1) is 13.7. The van der Waals surface area contributed by atoms with Crippen LogP contribution in [0.3, 0.4) is 0 Å². The van der Waals surface area contributed by atoms with Gasteiger partial charge in [-0.1, -0.05) is 42.5 Å². The van der Waals surface area contributed by atoms with Gasteiger partial charge in [0.05, 0.1) is 13.0 Å². The van der Waals surface area contributed by atoms with Crippen molar-refractivity contribution < 1.29 is 14.6 Å². The molecule has 0 amide bonds. The highest BCUT2D eigenvalue weighted by molar-refractivity contribution is 6.39. The zero-order chi connectivity index (χ0) is 19.5. The summed E-state index contributed by atoms with van der Waals surface area (Å²) >= 11 is 0. The molecule has 2 aliphatic heterocycles. The molecule has 0 bridgehead atoms. The number of piperazine rings is 1. The van der Waals surface area contributed by atoms with Crippen molar-refractivity contribution in [2.24, 2.45) is 5.10 Å². The van der Waals surface area contributed by atoms with Crippen molar-refractivity contribution in [3.63, 3.8) is 0 Å². The number of hydrogen-bond donors (Lipinski definition) is 2. The Bertz CT molecular complexity index is 865. The first kappa shape index (κ1) is 18.5. The van der Waals surface area contributed by atoms with Gasteiger partial charge in [0, 0.05) is 26.2 Å². The number of ether oxygens (including phenoxy) is 1. The normalized spacial score (nSPS) is 22.8. The van der Waals surface area contributed by atoms with Crippen LogP contribution in [0.25, 0.3) is 0 Å². The monoisotopic (exact) mass is 380 g/mol. The number of rotatable bonds is 5. The zero-order valence-electron chi connectivity index (χ0n) is 15.8. The highest BCUT2D eigenvalue weighted by Gasteiger charge is 2.46. The van der Waals surface area contributed by atoms with E-state index in [1.54, 1.807) is 7.11 Å². The summed E-state index contributed by atoms with van der Waals surface area (Å²) in [5, 5.41) is 19.7. The number of hydrazone groups is 1. The fourth-order valence-corrected chi connectivity index (χ4v) is 4.01. The minimum absolute atomic E-state index is 0.153. The topological polar surface area (TPSA) is 77.4 Å². The Balaban J connectivity index is 1.84. The number of nitrogens with zero attached hydrogens (tertiary/aromatic N) is 3. The van der Waals surface area contributed by atoms with E-state index in [2.05, 4.69) is 15.3 Å². The summed E-state index contributed by atoms with van der Waals surface area (Å²) in [5.41, 5.74) is 1.87. The van der Waals surface area contributed by atoms with Crippen LogP contribution in [0.1, 0.15) is 11.5 Å². The van der Waals surface area contributed by atoms with E-state index in [4.69, 9.17) is 4.74 Å². The van der Waals surface area contributed by atoms with Crippen molar-refractivity contribution in [1.82, 2.24) is 10.2 Å². The molecular formula is C21H24N4O3. The Morgan fingerprint density at radius 3 is 2.46 bits per heavy atom. The van der Waals surface area contributed by atoms with Crippen LogP contribution < -0.4 is 15.1 Å². The second-order valence-corrected chi connectivity index (χ2v) is 6.89. The molecule has 2 aromatic rings. The van der Waals surface area contributed by atoms with E-state index in [1.165, 1.54) is 0 Å². The standard InChI is InChI=1S/C21H24N4O3/c1-28-17-10-6-5-9-16(17)25-20(24-13-11-22-12-14-24)18(19(23-25)21(26)27)15-7-3-2-4-8-15/h2-10,18,20,22H,11-14H2,1H3,(H,26,27). The SMILES string of the molecule is COc1ccccc1N1N=C(C(=O)O)C(c2ccccc2)C1N1CCNCC1. The molecule has 2 unspecified atom stereocenters. The number of para-hydroxylation sites is 2. The Kier molecular flexibility index (Phi) is 5.27. The quantitative estimate of drug-likeness (QED) is 0.826. The van der Waals surface area contributed by atoms with Crippen LogP contribution in [-0.4, -0.2) is 61.1 Å². The van der Waals surface area contributed by atoms with Gasteiger partial charge in [0.2, 0.25) is 0 Å². The molecule has 1 saturated heterocycles. The first-order valence-electron chi connectivity index (χ1n) is 9.44. The molecule has 2 N–H and O–H groups in total. The molecule has 1 fully saturated rings. The fraction of sp³-hybridized carbons (Fsp3) is 0.333. The minimum atomic E-state index is -0.994. The smallest absolute Gasteiger partial charge is 0.352 e. The average Bonchev–Trinajstić information content (AvgIpc) is 3.16. The summed E-state index contributed by atoms with van der Waals surface area (Å²) in [6.45, 7) is 3.37. The molecule has 28 heavy (non-hydrogen) atoms. The lowest BCUT2D eigenvalue weighted by Gasteiger charge is -2.40. The van der Waals surface area contributed by atoms with E-state index in [1.807, 2.05) is 59.6 Å². The van der Waals surface area contributed by atoms with Gasteiger partial charge in [0.15, 0.2) is 5.71 Å². The van der Waals surface area contributed by atoms with Crippen molar-refractivity contribution in [3.05, 3.63) is 60.2 Å². The van der Waals surface area contributed by atoms with Crippen molar-refractivity contribution in [2.75, 3.05) is 38.3 Å². The number of benzene rings is 2. The maximum atomic E-state index is 12.1. The van der Waals surface area contributed by atoms with Crippen LogP contribution in [0.2, 0.25) is 0 Å². The van der Waals surface area contributed by atoms with Gasteiger partial charge < -0.3 is 15.2 Å². The molecular weight excluding hydrogens is 356 g/mol. The first-order valence-corrected chi connectivity index (χ1v) is 9.44. The summed E-state index contributed by atoms with van der Waals surface area (Å²) in [6, 6.07) is 17.4. The van der Waals surface area contributed by atoms with E-state index in [-0.39, 0.29) is 17.8 Å². The number of anilines is 1. The van der Waals surface area contributed by atoms with Crippen LogP contribution in [0, 0.1) is 0 Å². The lowest BCUT2D eigenvalue weighted by molar-refractivity contribution is -0.129. The van der Waals surface area contributed by atoms with Gasteiger partial charge in [-0.15, -0.1) is 0 Å². The molecule has 2 heterocycles. The average molecular weight is 380 g/mol. The van der Waals surface area contributed by atoms with Gasteiger partial charge in [-0.25, -0.2) is 9.80 Å². The number of hydrogen-bond acceptors (Lipinski definition) is 6. The number of nitrogens with one attached hydrogen (secondary N) is 1. The maximum Gasteiger partial charge on any atom is 0.352 e. The third-order valence-electron chi connectivity index (χ3n) is 5.29. The third-order valence-corrected chi connectivity index (χ3v) is 5.29. The third kappa shape index (κ3) is 3.34. The predicted octanol–water partition coefficient (Wildman–Crippen LogP) is 1.97. The van der Waals surface area contributed by atoms with Gasteiger partial charge in [-0.3, -0.25) is 4.90 Å². The predicted molar refractivity (Wildman–Crippen MR) is 108 cm³/mol. The zero-order valence-corrected chi connectivity index (χ0v) is 15.8. The van der Waals surface area contributed by atoms with Crippen LogP contribution in [0.15, 0.2) is 59.7 Å². The molecule has 0 aliphatic carbocycles. The van der Waals surface area contributed by atoms with Gasteiger partial charge in [-0.2, -0.15) is 5.10 Å². The maximum absolute atomic E-state index is 12.1. The lowest BCUT2D eigenvalue weighted by atomic mass is 9.90. The molecule has 0 radical (unpaired) electrons. The van der Waals surface area contributed by atoms with Crippen LogP contribution in [0.4, 0.5) is 5.69 Å². The molecule has 0 spiro atoms. The summed E-state index contributed by atoms with van der Waals surface area (Å²) in [6.07, 6.45) is -0.230. The Hall–Kier alpha value is -2.90. The van der Waals surface area contributed by atoms with E-state index in [0.29, 0.717) is 5.75 Å². The van der Waals surface area contributed by atoms with Gasteiger partial charge >= 0.3 is 5.97 Å². The number of methoxy groups -OCH3 is 1. The van der Waals surface area contributed by atoms with Gasteiger partial charge in [0.1, 0.15) is 17.6 Å². The molecule has 4 rings (SSSR count). The highest BCUT2D eigenvalue weighted by atomic mass is 16.5. The Labute approximate surface area is 164 Å². The minimum Gasteiger partial charge on any atom is -0.495 e. The molecule has 2 aromatic carbocycles. The number of carboxylic acids is 1. The number of carboxylic acid groups (broad SMARTS) is 1. The molecule has 7 heteroatoms. The van der Waals surface area contributed by atoms with E-state index < -0.39 is 5.97 Å². The summed E-state index contributed by atoms with van der Waals surface area (Å²) < 4.78 is 5.54. The fourth-order valence-electron chi connectivity index (χ4n) is 4.01. The summed E-state index contributed by atoms with van der Waals surface area (Å²) in [7, 11) is 1.62. The van der Waals surface area contributed by atoms with Gasteiger partial charge in [0.25, 0.3) is 0 Å². The molecule has 0 aromatic heterocycles. The molecule has 146 valence electrons. The van der Waals surface area contributed by atoms with Crippen molar-refractivity contribution in [3.8, 4) is 5.75 Å². The Morgan fingerprint density at radius 1 is 1.11 bits per heavy atom. The van der Waals surface area contributed by atoms with Crippen molar-refractivity contribution >= 4 is 17.4 Å². The number of aliphatic carboxylic acids is 1. The largest absolute Gasteiger partial charge is 0.495 e.